The summed E-state index contributed by atoms with van der Waals surface area (Å²) in [6.45, 7) is 4.75. The first kappa shape index (κ1) is 18.5. The number of halogens is 1. The van der Waals surface area contributed by atoms with Crippen molar-refractivity contribution in [3.63, 3.8) is 0 Å². The Labute approximate surface area is 176 Å². The van der Waals surface area contributed by atoms with Crippen LogP contribution >= 0.6 is 11.6 Å². The monoisotopic (exact) mass is 421 g/mol. The highest BCUT2D eigenvalue weighted by Crippen LogP contribution is 2.30. The highest BCUT2D eigenvalue weighted by Gasteiger charge is 2.21. The molecule has 3 heterocycles. The summed E-state index contributed by atoms with van der Waals surface area (Å²) in [5, 5.41) is 13.0. The normalized spacial score (nSPS) is 14.4. The number of imidazole rings is 1. The zero-order valence-corrected chi connectivity index (χ0v) is 16.8. The van der Waals surface area contributed by atoms with Gasteiger partial charge in [0, 0.05) is 28.9 Å². The summed E-state index contributed by atoms with van der Waals surface area (Å²) in [6.07, 6.45) is 6.03. The second-order valence-corrected chi connectivity index (χ2v) is 7.87. The number of H-pyrrole nitrogens is 2. The molecule has 5 rings (SSSR count). The third kappa shape index (κ3) is 3.81. The van der Waals surface area contributed by atoms with Crippen LogP contribution in [0.5, 0.6) is 0 Å². The average molecular weight is 422 g/mol. The van der Waals surface area contributed by atoms with E-state index in [0.29, 0.717) is 33.1 Å². The molecule has 1 aliphatic rings. The van der Waals surface area contributed by atoms with Crippen LogP contribution in [-0.4, -0.2) is 31.1 Å². The molecule has 1 fully saturated rings. The van der Waals surface area contributed by atoms with Gasteiger partial charge in [-0.2, -0.15) is 9.61 Å². The van der Waals surface area contributed by atoms with E-state index in [4.69, 9.17) is 16.6 Å². The van der Waals surface area contributed by atoms with Gasteiger partial charge in [0.05, 0.1) is 16.9 Å². The fourth-order valence-electron chi connectivity index (χ4n) is 3.27. The van der Waals surface area contributed by atoms with Crippen molar-refractivity contribution < 1.29 is 0 Å². The summed E-state index contributed by atoms with van der Waals surface area (Å²) < 4.78 is 1.77. The number of rotatable bonds is 6. The van der Waals surface area contributed by atoms with Crippen LogP contribution in [0.3, 0.4) is 0 Å². The molecule has 0 amide bonds. The van der Waals surface area contributed by atoms with Crippen molar-refractivity contribution in [2.45, 2.75) is 12.8 Å². The standard InChI is InChI=1S/C21H20ClN7O/c1-12-17(27-21(30)25-12)7-14-11-24-29-19(23-10-13-5-6-13)9-18(28-20(14)29)26-16-4-2-3-15(22)8-16/h2-4,7-9,11,13,23H,1,5-6,10H2,(H,26,28)(H2,25,27,30)/b17-7-. The van der Waals surface area contributed by atoms with Gasteiger partial charge in [-0.15, -0.1) is 0 Å². The van der Waals surface area contributed by atoms with Crippen molar-refractivity contribution in [3.8, 4) is 0 Å². The van der Waals surface area contributed by atoms with E-state index >= 15 is 0 Å². The van der Waals surface area contributed by atoms with Crippen molar-refractivity contribution in [1.82, 2.24) is 24.6 Å². The summed E-state index contributed by atoms with van der Waals surface area (Å²) in [4.78, 5) is 21.7. The third-order valence-corrected chi connectivity index (χ3v) is 5.24. The molecule has 0 radical (unpaired) electrons. The number of hydrogen-bond donors (Lipinski definition) is 4. The molecule has 0 bridgehead atoms. The van der Waals surface area contributed by atoms with Crippen LogP contribution in [0, 0.1) is 5.92 Å². The first-order chi connectivity index (χ1) is 14.5. The highest BCUT2D eigenvalue weighted by molar-refractivity contribution is 6.30. The van der Waals surface area contributed by atoms with Crippen molar-refractivity contribution in [3.05, 3.63) is 68.3 Å². The maximum absolute atomic E-state index is 11.6. The maximum atomic E-state index is 11.6. The van der Waals surface area contributed by atoms with Crippen LogP contribution in [0.2, 0.25) is 5.02 Å². The van der Waals surface area contributed by atoms with Crippen molar-refractivity contribution >= 4 is 47.2 Å². The molecule has 8 nitrogen and oxygen atoms in total. The van der Waals surface area contributed by atoms with E-state index in [1.807, 2.05) is 36.4 Å². The van der Waals surface area contributed by atoms with Gasteiger partial charge in [0.25, 0.3) is 0 Å². The molecule has 0 atom stereocenters. The zero-order chi connectivity index (χ0) is 20.7. The van der Waals surface area contributed by atoms with Crippen molar-refractivity contribution in [1.29, 1.82) is 0 Å². The van der Waals surface area contributed by atoms with Crippen LogP contribution in [0.15, 0.2) is 41.3 Å². The lowest BCUT2D eigenvalue weighted by molar-refractivity contribution is 0.857. The predicted molar refractivity (Wildman–Crippen MR) is 119 cm³/mol. The SMILES string of the molecule is C=c1[nH]c(=O)[nH]/c1=C\c1cnn2c(NCC3CC3)cc(Nc3cccc(Cl)c3)nc12. The number of hydrogen-bond acceptors (Lipinski definition) is 5. The van der Waals surface area contributed by atoms with Crippen molar-refractivity contribution in [2.75, 3.05) is 17.2 Å². The number of fused-ring (bicyclic) bond motifs is 1. The van der Waals surface area contributed by atoms with Gasteiger partial charge in [-0.3, -0.25) is 0 Å². The van der Waals surface area contributed by atoms with Gasteiger partial charge in [0.1, 0.15) is 11.6 Å². The summed E-state index contributed by atoms with van der Waals surface area (Å²) in [5.74, 6) is 2.21. The number of benzene rings is 1. The topological polar surface area (TPSA) is 103 Å². The van der Waals surface area contributed by atoms with Crippen LogP contribution in [0.4, 0.5) is 17.3 Å². The molecule has 152 valence electrons. The quantitative estimate of drug-likeness (QED) is 0.382. The molecule has 9 heteroatoms. The Morgan fingerprint density at radius 2 is 2.17 bits per heavy atom. The van der Waals surface area contributed by atoms with Crippen LogP contribution in [0.25, 0.3) is 18.3 Å². The molecule has 0 spiro atoms. The molecule has 1 saturated carbocycles. The van der Waals surface area contributed by atoms with Gasteiger partial charge in [0.15, 0.2) is 5.65 Å². The van der Waals surface area contributed by atoms with Crippen LogP contribution in [0.1, 0.15) is 18.4 Å². The van der Waals surface area contributed by atoms with Gasteiger partial charge in [0.2, 0.25) is 0 Å². The maximum Gasteiger partial charge on any atom is 0.323 e. The van der Waals surface area contributed by atoms with Gasteiger partial charge in [-0.05, 0) is 43.0 Å². The van der Waals surface area contributed by atoms with E-state index < -0.39 is 0 Å². The summed E-state index contributed by atoms with van der Waals surface area (Å²) >= 11 is 6.11. The number of nitrogens with one attached hydrogen (secondary N) is 4. The number of aromatic nitrogens is 5. The summed E-state index contributed by atoms with van der Waals surface area (Å²) in [5.41, 5.74) is 1.96. The lowest BCUT2D eigenvalue weighted by atomic mass is 10.3. The minimum absolute atomic E-state index is 0.300. The average Bonchev–Trinajstić information content (AvgIpc) is 3.37. The molecule has 0 saturated heterocycles. The van der Waals surface area contributed by atoms with Gasteiger partial charge < -0.3 is 20.6 Å². The Balaban J connectivity index is 1.61. The first-order valence-corrected chi connectivity index (χ1v) is 10.1. The molecule has 1 aromatic carbocycles. The minimum Gasteiger partial charge on any atom is -0.370 e. The smallest absolute Gasteiger partial charge is 0.323 e. The Hall–Kier alpha value is -3.52. The van der Waals surface area contributed by atoms with Crippen molar-refractivity contribution in [2.24, 2.45) is 5.92 Å². The fourth-order valence-corrected chi connectivity index (χ4v) is 3.46. The molecule has 3 aromatic heterocycles. The van der Waals surface area contributed by atoms with E-state index in [1.165, 1.54) is 12.8 Å². The number of nitrogens with zero attached hydrogens (tertiary/aromatic N) is 3. The second-order valence-electron chi connectivity index (χ2n) is 7.44. The Kier molecular flexibility index (Phi) is 4.55. The molecular weight excluding hydrogens is 402 g/mol. The molecule has 0 unspecified atom stereocenters. The molecule has 1 aliphatic carbocycles. The fraction of sp³-hybridized carbons (Fsp3) is 0.190. The predicted octanol–water partition coefficient (Wildman–Crippen LogP) is 2.20. The molecule has 30 heavy (non-hydrogen) atoms. The lowest BCUT2D eigenvalue weighted by Crippen LogP contribution is -2.22. The summed E-state index contributed by atoms with van der Waals surface area (Å²) in [7, 11) is 0. The van der Waals surface area contributed by atoms with Crippen LogP contribution < -0.4 is 27.0 Å². The van der Waals surface area contributed by atoms with Gasteiger partial charge >= 0.3 is 5.69 Å². The third-order valence-electron chi connectivity index (χ3n) is 5.00. The van der Waals surface area contributed by atoms with Gasteiger partial charge in [-0.25, -0.2) is 9.78 Å². The van der Waals surface area contributed by atoms with E-state index in [0.717, 1.165) is 23.6 Å². The van der Waals surface area contributed by atoms with E-state index in [9.17, 15) is 4.79 Å². The lowest BCUT2D eigenvalue weighted by Gasteiger charge is -2.12. The summed E-state index contributed by atoms with van der Waals surface area (Å²) in [6, 6.07) is 9.40. The first-order valence-electron chi connectivity index (χ1n) is 9.69. The molecule has 0 aliphatic heterocycles. The largest absolute Gasteiger partial charge is 0.370 e. The van der Waals surface area contributed by atoms with Gasteiger partial charge in [-0.1, -0.05) is 24.2 Å². The number of aromatic amines is 2. The van der Waals surface area contributed by atoms with E-state index in [-0.39, 0.29) is 5.69 Å². The minimum atomic E-state index is -0.300. The second kappa shape index (κ2) is 7.38. The Bertz CT molecular complexity index is 1400. The molecular formula is C21H20ClN7O. The molecule has 4 aromatic rings. The highest BCUT2D eigenvalue weighted by atomic mass is 35.5. The zero-order valence-electron chi connectivity index (χ0n) is 16.1. The van der Waals surface area contributed by atoms with Crippen LogP contribution in [-0.2, 0) is 0 Å². The van der Waals surface area contributed by atoms with E-state index in [1.54, 1.807) is 10.7 Å². The Morgan fingerprint density at radius 1 is 1.30 bits per heavy atom. The van der Waals surface area contributed by atoms with E-state index in [2.05, 4.69) is 32.3 Å². The number of anilines is 3. The molecule has 4 N–H and O–H groups in total. The Morgan fingerprint density at radius 3 is 2.90 bits per heavy atom.